The second-order valence-electron chi connectivity index (χ2n) is 4.13. The van der Waals surface area contributed by atoms with Gasteiger partial charge in [-0.15, -0.1) is 6.42 Å². The van der Waals surface area contributed by atoms with Crippen molar-refractivity contribution in [3.05, 3.63) is 59.2 Å². The first-order chi connectivity index (χ1) is 9.78. The number of rotatable bonds is 5. The molecule has 0 unspecified atom stereocenters. The van der Waals surface area contributed by atoms with Crippen molar-refractivity contribution in [1.82, 2.24) is 0 Å². The average molecular weight is 266 g/mol. The van der Waals surface area contributed by atoms with Crippen molar-refractivity contribution in [2.24, 2.45) is 0 Å². The number of benzene rings is 2. The van der Waals surface area contributed by atoms with Gasteiger partial charge >= 0.3 is 0 Å². The van der Waals surface area contributed by atoms with Crippen molar-refractivity contribution >= 4 is 6.29 Å². The lowest BCUT2D eigenvalue weighted by atomic mass is 10.1. The van der Waals surface area contributed by atoms with Crippen LogP contribution in [0.1, 0.15) is 21.5 Å². The summed E-state index contributed by atoms with van der Waals surface area (Å²) in [5.74, 6) is 3.47. The molecule has 3 heteroatoms. The molecule has 0 fully saturated rings. The smallest absolute Gasteiger partial charge is 0.162 e. The molecule has 100 valence electrons. The van der Waals surface area contributed by atoms with Gasteiger partial charge in [0.1, 0.15) is 6.61 Å². The summed E-state index contributed by atoms with van der Waals surface area (Å²) < 4.78 is 10.9. The van der Waals surface area contributed by atoms with Crippen LogP contribution in [-0.4, -0.2) is 13.4 Å². The van der Waals surface area contributed by atoms with E-state index in [0.717, 1.165) is 5.56 Å². The maximum atomic E-state index is 11.0. The number of methoxy groups -OCH3 is 1. The van der Waals surface area contributed by atoms with Gasteiger partial charge in [-0.3, -0.25) is 4.79 Å². The summed E-state index contributed by atoms with van der Waals surface area (Å²) in [7, 11) is 1.53. The first-order valence-corrected chi connectivity index (χ1v) is 6.09. The maximum absolute atomic E-state index is 11.0. The van der Waals surface area contributed by atoms with Crippen molar-refractivity contribution < 1.29 is 14.3 Å². The molecule has 2 rings (SSSR count). The molecule has 0 aliphatic heterocycles. The van der Waals surface area contributed by atoms with E-state index in [2.05, 4.69) is 5.92 Å². The molecular weight excluding hydrogens is 252 g/mol. The summed E-state index contributed by atoms with van der Waals surface area (Å²) in [6, 6.07) is 13.0. The van der Waals surface area contributed by atoms with E-state index in [1.807, 2.05) is 30.3 Å². The van der Waals surface area contributed by atoms with Gasteiger partial charge in [0.25, 0.3) is 0 Å². The minimum absolute atomic E-state index is 0.394. The molecule has 0 aliphatic carbocycles. The monoisotopic (exact) mass is 266 g/mol. The lowest BCUT2D eigenvalue weighted by molar-refractivity contribution is 0.112. The maximum Gasteiger partial charge on any atom is 0.162 e. The zero-order valence-corrected chi connectivity index (χ0v) is 11.1. The van der Waals surface area contributed by atoms with Gasteiger partial charge in [-0.05, 0) is 11.6 Å². The largest absolute Gasteiger partial charge is 0.493 e. The Morgan fingerprint density at radius 3 is 2.55 bits per heavy atom. The van der Waals surface area contributed by atoms with Crippen LogP contribution in [-0.2, 0) is 6.61 Å². The minimum atomic E-state index is 0.394. The van der Waals surface area contributed by atoms with Crippen LogP contribution in [0.5, 0.6) is 11.5 Å². The molecule has 0 saturated heterocycles. The van der Waals surface area contributed by atoms with Gasteiger partial charge in [-0.2, -0.15) is 0 Å². The molecule has 3 nitrogen and oxygen atoms in total. The molecular formula is C17H14O3. The normalized spacial score (nSPS) is 9.60. The second-order valence-corrected chi connectivity index (χ2v) is 4.13. The fourth-order valence-corrected chi connectivity index (χ4v) is 1.81. The van der Waals surface area contributed by atoms with Crippen molar-refractivity contribution in [1.29, 1.82) is 0 Å². The highest BCUT2D eigenvalue weighted by molar-refractivity contribution is 5.81. The molecule has 20 heavy (non-hydrogen) atoms. The zero-order valence-electron chi connectivity index (χ0n) is 11.1. The van der Waals surface area contributed by atoms with Gasteiger partial charge in [0.15, 0.2) is 17.8 Å². The molecule has 0 atom stereocenters. The fraction of sp³-hybridized carbons (Fsp3) is 0.118. The van der Waals surface area contributed by atoms with E-state index in [0.29, 0.717) is 35.5 Å². The lowest BCUT2D eigenvalue weighted by Gasteiger charge is -2.12. The van der Waals surface area contributed by atoms with E-state index < -0.39 is 0 Å². The summed E-state index contributed by atoms with van der Waals surface area (Å²) in [6.07, 6.45) is 6.07. The Morgan fingerprint density at radius 1 is 1.20 bits per heavy atom. The SMILES string of the molecule is C#Cc1cc(OC)c(OCc2ccccc2)cc1C=O. The van der Waals surface area contributed by atoms with Crippen molar-refractivity contribution in [3.63, 3.8) is 0 Å². The van der Waals surface area contributed by atoms with Crippen LogP contribution >= 0.6 is 0 Å². The fourth-order valence-electron chi connectivity index (χ4n) is 1.81. The molecule has 0 bridgehead atoms. The molecule has 0 spiro atoms. The standard InChI is InChI=1S/C17H14O3/c1-3-14-9-16(19-2)17(10-15(14)11-18)20-12-13-7-5-4-6-8-13/h1,4-11H,12H2,2H3. The zero-order chi connectivity index (χ0) is 14.4. The van der Waals surface area contributed by atoms with Gasteiger partial charge < -0.3 is 9.47 Å². The van der Waals surface area contributed by atoms with E-state index >= 15 is 0 Å². The highest BCUT2D eigenvalue weighted by Crippen LogP contribution is 2.30. The second kappa shape index (κ2) is 6.44. The summed E-state index contributed by atoms with van der Waals surface area (Å²) >= 11 is 0. The molecule has 0 aromatic heterocycles. The highest BCUT2D eigenvalue weighted by atomic mass is 16.5. The number of carbonyl (C=O) groups is 1. The Bertz CT molecular complexity index is 639. The van der Waals surface area contributed by atoms with Gasteiger partial charge in [-0.1, -0.05) is 36.3 Å². The van der Waals surface area contributed by atoms with Crippen LogP contribution in [0.3, 0.4) is 0 Å². The van der Waals surface area contributed by atoms with Crippen molar-refractivity contribution in [2.75, 3.05) is 7.11 Å². The number of ether oxygens (including phenoxy) is 2. The third-order valence-corrected chi connectivity index (χ3v) is 2.86. The van der Waals surface area contributed by atoms with Crippen LogP contribution in [0.15, 0.2) is 42.5 Å². The lowest BCUT2D eigenvalue weighted by Crippen LogP contribution is -2.00. The summed E-state index contributed by atoms with van der Waals surface area (Å²) in [4.78, 5) is 11.0. The quantitative estimate of drug-likeness (QED) is 0.616. The van der Waals surface area contributed by atoms with E-state index in [4.69, 9.17) is 15.9 Å². The van der Waals surface area contributed by atoms with E-state index in [1.165, 1.54) is 7.11 Å². The molecule has 0 amide bonds. The number of carbonyl (C=O) groups excluding carboxylic acids is 1. The van der Waals surface area contributed by atoms with Gasteiger partial charge in [-0.25, -0.2) is 0 Å². The molecule has 0 saturated carbocycles. The Labute approximate surface area is 118 Å². The summed E-state index contributed by atoms with van der Waals surface area (Å²) in [6.45, 7) is 0.394. The molecule has 0 heterocycles. The molecule has 0 radical (unpaired) electrons. The van der Waals surface area contributed by atoms with E-state index in [-0.39, 0.29) is 0 Å². The van der Waals surface area contributed by atoms with Crippen molar-refractivity contribution in [3.8, 4) is 23.8 Å². The van der Waals surface area contributed by atoms with Crippen LogP contribution in [0, 0.1) is 12.3 Å². The highest BCUT2D eigenvalue weighted by Gasteiger charge is 2.10. The van der Waals surface area contributed by atoms with Gasteiger partial charge in [0.2, 0.25) is 0 Å². The number of aldehydes is 1. The molecule has 0 N–H and O–H groups in total. The van der Waals surface area contributed by atoms with Crippen LogP contribution in [0.2, 0.25) is 0 Å². The van der Waals surface area contributed by atoms with Crippen molar-refractivity contribution in [2.45, 2.75) is 6.61 Å². The third-order valence-electron chi connectivity index (χ3n) is 2.86. The topological polar surface area (TPSA) is 35.5 Å². The summed E-state index contributed by atoms with van der Waals surface area (Å²) in [5, 5.41) is 0. The number of hydrogen-bond acceptors (Lipinski definition) is 3. The Morgan fingerprint density at radius 2 is 1.95 bits per heavy atom. The van der Waals surface area contributed by atoms with Crippen LogP contribution in [0.4, 0.5) is 0 Å². The summed E-state index contributed by atoms with van der Waals surface area (Å²) in [5.41, 5.74) is 1.93. The molecule has 2 aromatic rings. The number of terminal acetylenes is 1. The number of hydrogen-bond donors (Lipinski definition) is 0. The minimum Gasteiger partial charge on any atom is -0.493 e. The predicted octanol–water partition coefficient (Wildman–Crippen LogP) is 3.07. The van der Waals surface area contributed by atoms with Crippen LogP contribution in [0.25, 0.3) is 0 Å². The van der Waals surface area contributed by atoms with Crippen LogP contribution < -0.4 is 9.47 Å². The first kappa shape index (κ1) is 13.7. The Balaban J connectivity index is 2.27. The van der Waals surface area contributed by atoms with Gasteiger partial charge in [0.05, 0.1) is 7.11 Å². The first-order valence-electron chi connectivity index (χ1n) is 6.09. The Kier molecular flexibility index (Phi) is 4.41. The molecule has 2 aromatic carbocycles. The predicted molar refractivity (Wildman–Crippen MR) is 77.1 cm³/mol. The third kappa shape index (κ3) is 2.99. The Hall–Kier alpha value is -2.73. The average Bonchev–Trinajstić information content (AvgIpc) is 2.52. The van der Waals surface area contributed by atoms with E-state index in [1.54, 1.807) is 12.1 Å². The van der Waals surface area contributed by atoms with E-state index in [9.17, 15) is 4.79 Å². The van der Waals surface area contributed by atoms with Gasteiger partial charge in [0, 0.05) is 17.2 Å². The molecule has 0 aliphatic rings.